The monoisotopic (exact) mass is 356 g/mol. The molecule has 1 rings (SSSR count). The van der Waals surface area contributed by atoms with Crippen LogP contribution in [0.1, 0.15) is 66.4 Å². The quantitative estimate of drug-likeness (QED) is 0.450. The molecule has 2 N–H and O–H groups in total. The summed E-state index contributed by atoms with van der Waals surface area (Å²) in [6.45, 7) is -12.8. The molecule has 1 saturated heterocycles. The number of esters is 1. The molecule has 0 unspecified atom stereocenters. The van der Waals surface area contributed by atoms with Crippen LogP contribution in [0.5, 0.6) is 0 Å². The third-order valence-electron chi connectivity index (χ3n) is 2.98. The summed E-state index contributed by atoms with van der Waals surface area (Å²) < 4.78 is 116. The fraction of sp³-hybridized carbons (Fsp3) is 0.824. The number of hydrogen-bond acceptors (Lipinski definition) is 5. The number of epoxide rings is 1. The van der Waals surface area contributed by atoms with Gasteiger partial charge in [-0.25, -0.2) is 4.79 Å². The lowest BCUT2D eigenvalue weighted by Crippen LogP contribution is -2.49. The average Bonchev–Trinajstić information content (AvgIpc) is 3.51. The maximum absolute atomic E-state index is 12.9. The maximum Gasteiger partial charge on any atom is 0.338 e. The molecule has 24 heavy (non-hydrogen) atoms. The standard InChI is InChI=1S/C17H30N2O5/c1-6-23-17(22)14-13(24-14)16(21)19-12(9-11(4)5)15(20)18-8-7-10(2)3/h10-14H,6-9H2,1-5H3,(H,18,20)(H,19,21)/t12-,13-,14-/m0/s1/i2D3,3D3,4D3,5D3,10D,11D. The molecule has 0 aromatic rings. The van der Waals surface area contributed by atoms with Gasteiger partial charge in [0.2, 0.25) is 5.91 Å². The summed E-state index contributed by atoms with van der Waals surface area (Å²) in [7, 11) is 0. The zero-order chi connectivity index (χ0) is 30.1. The van der Waals surface area contributed by atoms with E-state index < -0.39 is 94.6 Å². The lowest BCUT2D eigenvalue weighted by Gasteiger charge is -2.20. The number of rotatable bonds is 10. The molecular formula is C17H30N2O5. The Bertz CT molecular complexity index is 854. The van der Waals surface area contributed by atoms with E-state index in [0.29, 0.717) is 0 Å². The van der Waals surface area contributed by atoms with Crippen LogP contribution in [0, 0.1) is 11.8 Å². The van der Waals surface area contributed by atoms with Gasteiger partial charge in [-0.1, -0.05) is 27.4 Å². The number of hydrogen-bond donors (Lipinski definition) is 2. The molecule has 0 aromatic carbocycles. The van der Waals surface area contributed by atoms with Crippen molar-refractivity contribution in [2.45, 2.75) is 65.4 Å². The molecule has 0 aliphatic carbocycles. The summed E-state index contributed by atoms with van der Waals surface area (Å²) in [6.07, 6.45) is -4.98. The van der Waals surface area contributed by atoms with E-state index in [4.69, 9.17) is 28.7 Å². The van der Waals surface area contributed by atoms with Crippen molar-refractivity contribution in [3.05, 3.63) is 0 Å². The Hall–Kier alpha value is -1.63. The predicted molar refractivity (Wildman–Crippen MR) is 89.1 cm³/mol. The van der Waals surface area contributed by atoms with Gasteiger partial charge in [-0.15, -0.1) is 0 Å². The normalized spacial score (nSPS) is 32.2. The Balaban J connectivity index is 3.19. The van der Waals surface area contributed by atoms with Crippen LogP contribution in [0.4, 0.5) is 0 Å². The maximum atomic E-state index is 12.9. The minimum absolute atomic E-state index is 0.0272. The molecule has 1 fully saturated rings. The summed E-state index contributed by atoms with van der Waals surface area (Å²) in [5.74, 6) is -9.57. The van der Waals surface area contributed by atoms with Crippen LogP contribution in [0.15, 0.2) is 0 Å². The molecule has 1 aliphatic rings. The van der Waals surface area contributed by atoms with Crippen molar-refractivity contribution >= 4 is 17.8 Å². The minimum atomic E-state index is -3.47. The first-order valence-corrected chi connectivity index (χ1v) is 7.24. The second-order valence-corrected chi connectivity index (χ2v) is 4.99. The topological polar surface area (TPSA) is 97.0 Å². The van der Waals surface area contributed by atoms with E-state index >= 15 is 0 Å². The van der Waals surface area contributed by atoms with E-state index in [9.17, 15) is 14.4 Å². The van der Waals surface area contributed by atoms with Crippen LogP contribution in [0.2, 0.25) is 0 Å². The largest absolute Gasteiger partial charge is 0.464 e. The van der Waals surface area contributed by atoms with Crippen molar-refractivity contribution in [2.24, 2.45) is 11.8 Å². The first-order chi connectivity index (χ1) is 16.8. The Morgan fingerprint density at radius 2 is 1.92 bits per heavy atom. The van der Waals surface area contributed by atoms with Crippen LogP contribution in [0.25, 0.3) is 0 Å². The fourth-order valence-corrected chi connectivity index (χ4v) is 1.82. The van der Waals surface area contributed by atoms with Gasteiger partial charge in [0.05, 0.1) is 6.61 Å². The SMILES string of the molecule is [2H]C([2H])([2H])C([2H])(CCNC(=O)[C@H](CC([2H])(C([2H])([2H])[2H])C([2H])([2H])[2H])NC(=O)[C@H]1O[C@@H]1C(=O)OCC)C([2H])([2H])[2H]. The summed E-state index contributed by atoms with van der Waals surface area (Å²) in [5, 5.41) is 4.11. The van der Waals surface area contributed by atoms with Crippen molar-refractivity contribution in [3.8, 4) is 0 Å². The molecule has 3 atom stereocenters. The van der Waals surface area contributed by atoms with Gasteiger partial charge in [0, 0.05) is 25.7 Å². The van der Waals surface area contributed by atoms with Gasteiger partial charge in [-0.05, 0) is 31.6 Å². The summed E-state index contributed by atoms with van der Waals surface area (Å²) in [4.78, 5) is 37.2. The van der Waals surface area contributed by atoms with Crippen molar-refractivity contribution in [3.63, 3.8) is 0 Å². The molecule has 2 amide bonds. The molecule has 1 heterocycles. The highest BCUT2D eigenvalue weighted by Gasteiger charge is 2.52. The van der Waals surface area contributed by atoms with Gasteiger partial charge in [0.25, 0.3) is 5.91 Å². The molecule has 0 spiro atoms. The molecule has 0 radical (unpaired) electrons. The highest BCUT2D eigenvalue weighted by atomic mass is 16.6. The molecule has 0 saturated carbocycles. The zero-order valence-electron chi connectivity index (χ0n) is 27.1. The molecular weight excluding hydrogens is 312 g/mol. The van der Waals surface area contributed by atoms with Gasteiger partial charge >= 0.3 is 5.97 Å². The third-order valence-corrected chi connectivity index (χ3v) is 2.98. The molecule has 0 aromatic heterocycles. The van der Waals surface area contributed by atoms with Crippen LogP contribution < -0.4 is 10.6 Å². The van der Waals surface area contributed by atoms with Crippen LogP contribution in [0.3, 0.4) is 0 Å². The van der Waals surface area contributed by atoms with Crippen LogP contribution >= 0.6 is 0 Å². The Kier molecular flexibility index (Phi) is 3.09. The Morgan fingerprint density at radius 3 is 2.54 bits per heavy atom. The van der Waals surface area contributed by atoms with E-state index in [2.05, 4.69) is 5.32 Å². The highest BCUT2D eigenvalue weighted by molar-refractivity contribution is 5.95. The lowest BCUT2D eigenvalue weighted by atomic mass is 10.0. The second-order valence-electron chi connectivity index (χ2n) is 4.99. The third kappa shape index (κ3) is 6.86. The van der Waals surface area contributed by atoms with Crippen molar-refractivity contribution in [1.82, 2.24) is 10.6 Å². The molecule has 0 bridgehead atoms. The van der Waals surface area contributed by atoms with Crippen LogP contribution in [-0.4, -0.2) is 49.2 Å². The van der Waals surface area contributed by atoms with Crippen molar-refractivity contribution in [2.75, 3.05) is 13.2 Å². The number of nitrogens with one attached hydrogen (secondary N) is 2. The lowest BCUT2D eigenvalue weighted by molar-refractivity contribution is -0.144. The molecule has 1 aliphatic heterocycles. The fourth-order valence-electron chi connectivity index (χ4n) is 1.82. The van der Waals surface area contributed by atoms with Gasteiger partial charge in [-0.2, -0.15) is 0 Å². The van der Waals surface area contributed by atoms with E-state index in [1.807, 2.05) is 5.32 Å². The number of carbonyl (C=O) groups excluding carboxylic acids is 3. The first-order valence-electron chi connectivity index (χ1n) is 14.2. The summed E-state index contributed by atoms with van der Waals surface area (Å²) in [6, 6.07) is -2.02. The van der Waals surface area contributed by atoms with Gasteiger partial charge in [0.15, 0.2) is 12.2 Å². The van der Waals surface area contributed by atoms with Gasteiger partial charge in [-0.3, -0.25) is 9.59 Å². The highest BCUT2D eigenvalue weighted by Crippen LogP contribution is 2.24. The number of amides is 2. The van der Waals surface area contributed by atoms with Crippen molar-refractivity contribution < 1.29 is 43.0 Å². The van der Waals surface area contributed by atoms with E-state index in [1.54, 1.807) is 0 Å². The van der Waals surface area contributed by atoms with Crippen molar-refractivity contribution in [1.29, 1.82) is 0 Å². The minimum Gasteiger partial charge on any atom is -0.464 e. The van der Waals surface area contributed by atoms with E-state index in [0.717, 1.165) is 0 Å². The van der Waals surface area contributed by atoms with Gasteiger partial charge in [0.1, 0.15) is 6.04 Å². The smallest absolute Gasteiger partial charge is 0.338 e. The summed E-state index contributed by atoms with van der Waals surface area (Å²) >= 11 is 0. The van der Waals surface area contributed by atoms with Gasteiger partial charge < -0.3 is 20.1 Å². The second kappa shape index (κ2) is 9.61. The Labute approximate surface area is 163 Å². The van der Waals surface area contributed by atoms with E-state index in [1.165, 1.54) is 6.92 Å². The summed E-state index contributed by atoms with van der Waals surface area (Å²) in [5.41, 5.74) is 0. The average molecular weight is 357 g/mol. The van der Waals surface area contributed by atoms with E-state index in [-0.39, 0.29) is 6.61 Å². The Morgan fingerprint density at radius 1 is 1.21 bits per heavy atom. The van der Waals surface area contributed by atoms with Crippen LogP contribution in [-0.2, 0) is 23.9 Å². The molecule has 7 nitrogen and oxygen atoms in total. The first kappa shape index (κ1) is 7.72. The molecule has 7 heteroatoms. The zero-order valence-corrected chi connectivity index (χ0v) is 13.1. The number of ether oxygens (including phenoxy) is 2. The number of carbonyl (C=O) groups is 3. The predicted octanol–water partition coefficient (Wildman–Crippen LogP) is 1.01. The molecule has 138 valence electrons.